The van der Waals surface area contributed by atoms with E-state index in [-0.39, 0.29) is 6.61 Å². The van der Waals surface area contributed by atoms with Gasteiger partial charge in [0.1, 0.15) is 0 Å². The van der Waals surface area contributed by atoms with Crippen LogP contribution in [0.15, 0.2) is 0 Å². The number of hydrogen-bond donors (Lipinski definition) is 0. The Morgan fingerprint density at radius 1 is 1.25 bits per heavy atom. The lowest BCUT2D eigenvalue weighted by molar-refractivity contribution is -0.285. The summed E-state index contributed by atoms with van der Waals surface area (Å²) in [6.45, 7) is 5.73. The molecule has 74 valence electrons. The van der Waals surface area contributed by atoms with Gasteiger partial charge in [-0.1, -0.05) is 13.8 Å². The van der Waals surface area contributed by atoms with Crippen molar-refractivity contribution in [2.45, 2.75) is 39.5 Å². The minimum absolute atomic E-state index is 0.0776. The molecule has 1 nitrogen and oxygen atoms in total. The molecule has 1 atom stereocenters. The van der Waals surface area contributed by atoms with E-state index in [0.717, 1.165) is 6.92 Å². The maximum absolute atomic E-state index is 12.4. The number of hydrogen-bond acceptors (Lipinski definition) is 1. The van der Waals surface area contributed by atoms with Gasteiger partial charge in [0.05, 0.1) is 0 Å². The zero-order valence-electron chi connectivity index (χ0n) is 7.83. The van der Waals surface area contributed by atoms with E-state index in [0.29, 0.717) is 0 Å². The molecule has 1 unspecified atom stereocenters. The minimum Gasteiger partial charge on any atom is -0.366 e. The average molecular weight is 184 g/mol. The smallest absolute Gasteiger partial charge is 0.366 e. The summed E-state index contributed by atoms with van der Waals surface area (Å²) in [7, 11) is 0. The van der Waals surface area contributed by atoms with Gasteiger partial charge in [-0.05, 0) is 19.8 Å². The van der Waals surface area contributed by atoms with Crippen molar-refractivity contribution in [3.63, 3.8) is 0 Å². The standard InChI is InChI=1S/C8H15F3O/c1-5-12-7(4,6(2)3)8(9,10)11/h6H,5H2,1-4H3. The summed E-state index contributed by atoms with van der Waals surface area (Å²) in [6, 6.07) is 0. The summed E-state index contributed by atoms with van der Waals surface area (Å²) in [5.74, 6) is -0.572. The van der Waals surface area contributed by atoms with Crippen LogP contribution in [-0.4, -0.2) is 18.4 Å². The highest BCUT2D eigenvalue weighted by molar-refractivity contribution is 4.86. The summed E-state index contributed by atoms with van der Waals surface area (Å²) < 4.78 is 42.0. The van der Waals surface area contributed by atoms with Gasteiger partial charge in [-0.15, -0.1) is 0 Å². The number of ether oxygens (including phenoxy) is 1. The van der Waals surface area contributed by atoms with Crippen LogP contribution in [0.5, 0.6) is 0 Å². The van der Waals surface area contributed by atoms with Crippen molar-refractivity contribution in [1.82, 2.24) is 0 Å². The molecule has 0 aromatic carbocycles. The van der Waals surface area contributed by atoms with Gasteiger partial charge < -0.3 is 4.74 Å². The van der Waals surface area contributed by atoms with E-state index in [9.17, 15) is 13.2 Å². The molecule has 0 heterocycles. The van der Waals surface area contributed by atoms with Gasteiger partial charge in [-0.3, -0.25) is 0 Å². The van der Waals surface area contributed by atoms with E-state index in [1.54, 1.807) is 6.92 Å². The molecular formula is C8H15F3O. The normalized spacial score (nSPS) is 18.0. The zero-order chi connectivity index (χ0) is 9.99. The Balaban J connectivity index is 4.62. The number of alkyl halides is 3. The topological polar surface area (TPSA) is 9.23 Å². The van der Waals surface area contributed by atoms with Crippen LogP contribution in [0, 0.1) is 5.92 Å². The molecule has 4 heteroatoms. The van der Waals surface area contributed by atoms with E-state index < -0.39 is 17.7 Å². The predicted molar refractivity (Wildman–Crippen MR) is 40.9 cm³/mol. The van der Waals surface area contributed by atoms with Crippen LogP contribution in [0.1, 0.15) is 27.7 Å². The van der Waals surface area contributed by atoms with Crippen molar-refractivity contribution in [3.05, 3.63) is 0 Å². The van der Waals surface area contributed by atoms with Crippen LogP contribution in [0.2, 0.25) is 0 Å². The van der Waals surface area contributed by atoms with Gasteiger partial charge in [0.2, 0.25) is 0 Å². The highest BCUT2D eigenvalue weighted by Crippen LogP contribution is 2.38. The second-order valence-electron chi connectivity index (χ2n) is 3.19. The van der Waals surface area contributed by atoms with Crippen LogP contribution in [0.3, 0.4) is 0 Å². The molecule has 0 saturated heterocycles. The Hall–Kier alpha value is -0.250. The predicted octanol–water partition coefficient (Wildman–Crippen LogP) is 3.00. The SMILES string of the molecule is CCOC(C)(C(C)C)C(F)(F)F. The minimum atomic E-state index is -4.29. The molecule has 0 amide bonds. The first-order chi connectivity index (χ1) is 5.25. The van der Waals surface area contributed by atoms with Gasteiger partial charge in [0.25, 0.3) is 0 Å². The maximum atomic E-state index is 12.4. The van der Waals surface area contributed by atoms with Crippen molar-refractivity contribution in [1.29, 1.82) is 0 Å². The van der Waals surface area contributed by atoms with E-state index in [2.05, 4.69) is 0 Å². The molecule has 0 aromatic rings. The second-order valence-corrected chi connectivity index (χ2v) is 3.19. The van der Waals surface area contributed by atoms with Crippen LogP contribution in [0.4, 0.5) is 13.2 Å². The fourth-order valence-electron chi connectivity index (χ4n) is 0.876. The summed E-state index contributed by atoms with van der Waals surface area (Å²) in [4.78, 5) is 0. The Morgan fingerprint density at radius 2 is 1.67 bits per heavy atom. The second kappa shape index (κ2) is 3.64. The van der Waals surface area contributed by atoms with E-state index in [1.165, 1.54) is 13.8 Å². The van der Waals surface area contributed by atoms with Crippen molar-refractivity contribution in [2.75, 3.05) is 6.61 Å². The van der Waals surface area contributed by atoms with Gasteiger partial charge >= 0.3 is 6.18 Å². The lowest BCUT2D eigenvalue weighted by Gasteiger charge is -2.35. The Labute approximate surface area is 70.9 Å². The first kappa shape index (κ1) is 11.8. The molecule has 0 N–H and O–H groups in total. The lowest BCUT2D eigenvalue weighted by Crippen LogP contribution is -2.49. The molecule has 0 fully saturated rings. The van der Waals surface area contributed by atoms with Gasteiger partial charge in [-0.2, -0.15) is 13.2 Å². The summed E-state index contributed by atoms with van der Waals surface area (Å²) >= 11 is 0. The van der Waals surface area contributed by atoms with E-state index >= 15 is 0 Å². The third-order valence-electron chi connectivity index (χ3n) is 2.11. The van der Waals surface area contributed by atoms with Crippen LogP contribution < -0.4 is 0 Å². The maximum Gasteiger partial charge on any atom is 0.417 e. The molecule has 0 aromatic heterocycles. The van der Waals surface area contributed by atoms with Crippen molar-refractivity contribution in [2.24, 2.45) is 5.92 Å². The quantitative estimate of drug-likeness (QED) is 0.655. The van der Waals surface area contributed by atoms with Crippen LogP contribution in [-0.2, 0) is 4.74 Å². The highest BCUT2D eigenvalue weighted by Gasteiger charge is 2.54. The van der Waals surface area contributed by atoms with Crippen molar-refractivity contribution in [3.8, 4) is 0 Å². The van der Waals surface area contributed by atoms with Gasteiger partial charge in [0.15, 0.2) is 5.60 Å². The Kier molecular flexibility index (Phi) is 3.57. The molecule has 0 aliphatic carbocycles. The van der Waals surface area contributed by atoms with E-state index in [4.69, 9.17) is 4.74 Å². The largest absolute Gasteiger partial charge is 0.417 e. The van der Waals surface area contributed by atoms with Crippen molar-refractivity contribution >= 4 is 0 Å². The molecule has 0 bridgehead atoms. The zero-order valence-corrected chi connectivity index (χ0v) is 7.83. The fraction of sp³-hybridized carbons (Fsp3) is 1.00. The number of halogens is 3. The summed E-state index contributed by atoms with van der Waals surface area (Å²) in [5, 5.41) is 0. The molecule has 0 aliphatic rings. The average Bonchev–Trinajstić information content (AvgIpc) is 1.85. The first-order valence-electron chi connectivity index (χ1n) is 3.96. The summed E-state index contributed by atoms with van der Waals surface area (Å²) in [5.41, 5.74) is -2.01. The molecule has 12 heavy (non-hydrogen) atoms. The number of rotatable bonds is 3. The van der Waals surface area contributed by atoms with Crippen LogP contribution >= 0.6 is 0 Å². The molecule has 0 spiro atoms. The summed E-state index contributed by atoms with van der Waals surface area (Å²) in [6.07, 6.45) is -4.29. The molecular weight excluding hydrogens is 169 g/mol. The fourth-order valence-corrected chi connectivity index (χ4v) is 0.876. The first-order valence-corrected chi connectivity index (χ1v) is 3.96. The molecule has 0 saturated carbocycles. The van der Waals surface area contributed by atoms with Crippen molar-refractivity contribution < 1.29 is 17.9 Å². The third kappa shape index (κ3) is 2.12. The van der Waals surface area contributed by atoms with Crippen LogP contribution in [0.25, 0.3) is 0 Å². The van der Waals surface area contributed by atoms with Gasteiger partial charge in [0, 0.05) is 6.61 Å². The molecule has 0 radical (unpaired) electrons. The lowest BCUT2D eigenvalue weighted by atomic mass is 9.91. The Bertz CT molecular complexity index is 142. The molecule has 0 rings (SSSR count). The van der Waals surface area contributed by atoms with Gasteiger partial charge in [-0.25, -0.2) is 0 Å². The monoisotopic (exact) mass is 184 g/mol. The highest BCUT2D eigenvalue weighted by atomic mass is 19.4. The van der Waals surface area contributed by atoms with E-state index in [1.807, 2.05) is 0 Å². The molecule has 0 aliphatic heterocycles. The third-order valence-corrected chi connectivity index (χ3v) is 2.11. The Morgan fingerprint density at radius 3 is 1.75 bits per heavy atom.